The molecule has 0 saturated heterocycles. The Morgan fingerprint density at radius 3 is 0.735 bits per heavy atom. The molecule has 0 saturated carbocycles. The molecule has 0 aromatic heterocycles. The molecule has 0 radical (unpaired) electrons. The molecule has 0 N–H and O–H groups in total. The van der Waals surface area contributed by atoms with Gasteiger partial charge in [0.05, 0.1) is 0 Å². The molecule has 83 heavy (non-hydrogen) atoms. The van der Waals surface area contributed by atoms with Crippen LogP contribution in [0.2, 0.25) is 0 Å². The summed E-state index contributed by atoms with van der Waals surface area (Å²) >= 11 is 0. The van der Waals surface area contributed by atoms with Gasteiger partial charge in [-0.05, 0) is 83.5 Å². The van der Waals surface area contributed by atoms with Crippen LogP contribution >= 0.6 is 0 Å². The standard InChI is InChI=1S/C77H132O6/c1-4-7-10-13-16-19-22-25-27-29-31-33-35-37-38-39-40-41-43-44-46-48-50-52-55-58-61-64-67-70-76(79)82-73-74(72-81-75(78)69-66-63-60-57-54-24-21-18-15-12-9-6-3)83-77(80)71-68-65-62-59-56-53-51-49-47-45-42-36-34-32-30-28-26-23-20-17-14-11-8-5-2/h7,10,16,19,25,27,31,33,37-38,40-41,44,46,50,52,58,61,74H,4-6,8-9,11-15,17-18,20-24,26,28-30,32,34-36,39,42-43,45,47-49,51,53-57,59-60,62-73H2,1-3H3/b10-7-,19-16-,27-25-,33-31-,38-37-,41-40-,46-44-,52-50-,61-58-. The highest BCUT2D eigenvalue weighted by molar-refractivity contribution is 5.71. The van der Waals surface area contributed by atoms with Crippen molar-refractivity contribution in [1.82, 2.24) is 0 Å². The highest BCUT2D eigenvalue weighted by Gasteiger charge is 2.19. The van der Waals surface area contributed by atoms with Crippen LogP contribution in [0.5, 0.6) is 0 Å². The van der Waals surface area contributed by atoms with Crippen LogP contribution < -0.4 is 0 Å². The van der Waals surface area contributed by atoms with Gasteiger partial charge in [-0.15, -0.1) is 0 Å². The van der Waals surface area contributed by atoms with E-state index in [1.165, 1.54) is 193 Å². The van der Waals surface area contributed by atoms with Crippen LogP contribution in [0.4, 0.5) is 0 Å². The summed E-state index contributed by atoms with van der Waals surface area (Å²) in [7, 11) is 0. The smallest absolute Gasteiger partial charge is 0.306 e. The van der Waals surface area contributed by atoms with Crippen molar-refractivity contribution >= 4 is 17.9 Å². The lowest BCUT2D eigenvalue weighted by Crippen LogP contribution is -2.30. The number of unbranched alkanes of at least 4 members (excludes halogenated alkanes) is 35. The Balaban J connectivity index is 4.36. The average Bonchev–Trinajstić information content (AvgIpc) is 3.49. The molecule has 0 spiro atoms. The number of allylic oxidation sites excluding steroid dienone is 18. The largest absolute Gasteiger partial charge is 0.462 e. The molecule has 0 aliphatic heterocycles. The van der Waals surface area contributed by atoms with Crippen molar-refractivity contribution in [3.8, 4) is 0 Å². The molecule has 0 aromatic carbocycles. The molecule has 0 rings (SSSR count). The van der Waals surface area contributed by atoms with E-state index < -0.39 is 6.10 Å². The zero-order valence-electron chi connectivity index (χ0n) is 54.7. The minimum absolute atomic E-state index is 0.0922. The van der Waals surface area contributed by atoms with E-state index in [9.17, 15) is 14.4 Å². The molecule has 0 aliphatic rings. The molecule has 0 aliphatic carbocycles. The van der Waals surface area contributed by atoms with Crippen molar-refractivity contribution in [2.24, 2.45) is 0 Å². The Hall–Kier alpha value is -3.93. The van der Waals surface area contributed by atoms with Gasteiger partial charge in [0.15, 0.2) is 6.10 Å². The number of hydrogen-bond donors (Lipinski definition) is 0. The first-order chi connectivity index (χ1) is 41.0. The van der Waals surface area contributed by atoms with E-state index >= 15 is 0 Å². The zero-order valence-corrected chi connectivity index (χ0v) is 54.7. The third-order valence-electron chi connectivity index (χ3n) is 15.3. The van der Waals surface area contributed by atoms with E-state index in [-0.39, 0.29) is 37.5 Å². The molecule has 476 valence electrons. The lowest BCUT2D eigenvalue weighted by atomic mass is 10.0. The molecular weight excluding hydrogens is 1020 g/mol. The van der Waals surface area contributed by atoms with Crippen LogP contribution in [-0.4, -0.2) is 37.2 Å². The quantitative estimate of drug-likeness (QED) is 0.0261. The maximum Gasteiger partial charge on any atom is 0.306 e. The fraction of sp³-hybridized carbons (Fsp3) is 0.727. The number of ether oxygens (including phenoxy) is 3. The third-order valence-corrected chi connectivity index (χ3v) is 15.3. The summed E-state index contributed by atoms with van der Waals surface area (Å²) in [5, 5.41) is 0. The average molecular weight is 1150 g/mol. The van der Waals surface area contributed by atoms with E-state index in [0.29, 0.717) is 19.3 Å². The van der Waals surface area contributed by atoms with Gasteiger partial charge in [-0.25, -0.2) is 0 Å². The summed E-state index contributed by atoms with van der Waals surface area (Å²) < 4.78 is 16.9. The summed E-state index contributed by atoms with van der Waals surface area (Å²) in [4.78, 5) is 38.4. The maximum atomic E-state index is 12.9. The Bertz CT molecular complexity index is 1660. The lowest BCUT2D eigenvalue weighted by Gasteiger charge is -2.18. The van der Waals surface area contributed by atoms with E-state index in [2.05, 4.69) is 130 Å². The first kappa shape index (κ1) is 79.1. The van der Waals surface area contributed by atoms with E-state index in [0.717, 1.165) is 103 Å². The van der Waals surface area contributed by atoms with Gasteiger partial charge in [-0.3, -0.25) is 14.4 Å². The molecule has 0 heterocycles. The fourth-order valence-corrected chi connectivity index (χ4v) is 10.0. The molecule has 1 atom stereocenters. The molecule has 0 fully saturated rings. The molecule has 0 bridgehead atoms. The predicted octanol–water partition coefficient (Wildman–Crippen LogP) is 24.6. The van der Waals surface area contributed by atoms with Gasteiger partial charge < -0.3 is 14.2 Å². The van der Waals surface area contributed by atoms with Gasteiger partial charge in [-0.2, -0.15) is 0 Å². The first-order valence-electron chi connectivity index (χ1n) is 35.4. The lowest BCUT2D eigenvalue weighted by molar-refractivity contribution is -0.167. The van der Waals surface area contributed by atoms with Crippen LogP contribution in [0.1, 0.15) is 342 Å². The number of hydrogen-bond acceptors (Lipinski definition) is 6. The maximum absolute atomic E-state index is 12.9. The summed E-state index contributed by atoms with van der Waals surface area (Å²) in [6, 6.07) is 0. The van der Waals surface area contributed by atoms with Gasteiger partial charge in [-0.1, -0.05) is 348 Å². The monoisotopic (exact) mass is 1150 g/mol. The number of carbonyl (C=O) groups excluding carboxylic acids is 3. The first-order valence-corrected chi connectivity index (χ1v) is 35.4. The Morgan fingerprint density at radius 1 is 0.253 bits per heavy atom. The number of carbonyl (C=O) groups is 3. The summed E-state index contributed by atoms with van der Waals surface area (Å²) in [5.41, 5.74) is 0. The topological polar surface area (TPSA) is 78.9 Å². The predicted molar refractivity (Wildman–Crippen MR) is 362 cm³/mol. The minimum Gasteiger partial charge on any atom is -0.462 e. The Labute approximate surface area is 514 Å². The second-order valence-corrected chi connectivity index (χ2v) is 23.4. The highest BCUT2D eigenvalue weighted by atomic mass is 16.6. The van der Waals surface area contributed by atoms with Crippen LogP contribution in [0, 0.1) is 0 Å². The Morgan fingerprint density at radius 2 is 0.470 bits per heavy atom. The summed E-state index contributed by atoms with van der Waals surface area (Å²) in [5.74, 6) is -0.939. The van der Waals surface area contributed by atoms with Crippen molar-refractivity contribution in [3.05, 3.63) is 109 Å². The van der Waals surface area contributed by atoms with E-state index in [1.807, 2.05) is 0 Å². The molecule has 0 amide bonds. The third kappa shape index (κ3) is 68.7. The van der Waals surface area contributed by atoms with Crippen LogP contribution in [0.25, 0.3) is 0 Å². The van der Waals surface area contributed by atoms with E-state index in [4.69, 9.17) is 14.2 Å². The van der Waals surface area contributed by atoms with Gasteiger partial charge >= 0.3 is 17.9 Å². The second kappa shape index (κ2) is 70.6. The van der Waals surface area contributed by atoms with E-state index in [1.54, 1.807) is 0 Å². The summed E-state index contributed by atoms with van der Waals surface area (Å²) in [6.45, 7) is 6.52. The van der Waals surface area contributed by atoms with Crippen molar-refractivity contribution in [1.29, 1.82) is 0 Å². The molecule has 1 unspecified atom stereocenters. The second-order valence-electron chi connectivity index (χ2n) is 23.4. The molecule has 6 heteroatoms. The van der Waals surface area contributed by atoms with Crippen molar-refractivity contribution in [3.63, 3.8) is 0 Å². The Kier molecular flexibility index (Phi) is 67.2. The van der Waals surface area contributed by atoms with Crippen molar-refractivity contribution in [2.75, 3.05) is 13.2 Å². The normalized spacial score (nSPS) is 12.8. The fourth-order valence-electron chi connectivity index (χ4n) is 10.0. The minimum atomic E-state index is -0.801. The van der Waals surface area contributed by atoms with Gasteiger partial charge in [0.1, 0.15) is 13.2 Å². The van der Waals surface area contributed by atoms with Crippen molar-refractivity contribution in [2.45, 2.75) is 348 Å². The zero-order chi connectivity index (χ0) is 59.9. The van der Waals surface area contributed by atoms with Gasteiger partial charge in [0.2, 0.25) is 0 Å². The van der Waals surface area contributed by atoms with Crippen LogP contribution in [0.3, 0.4) is 0 Å². The summed E-state index contributed by atoms with van der Waals surface area (Å²) in [6.07, 6.45) is 97.0. The van der Waals surface area contributed by atoms with Gasteiger partial charge in [0, 0.05) is 19.3 Å². The SMILES string of the molecule is CC/C=C\C/C=C\C/C=C\C/C=C\C/C=C\C/C=C\C/C=C\C/C=C\C/C=C\CCCC(=O)OCC(COC(=O)CCCCCCCCCCCCCC)OC(=O)CCCCCCCCCCCCCCCCCCCCCCCCCC. The van der Waals surface area contributed by atoms with Crippen LogP contribution in [-0.2, 0) is 28.6 Å². The number of rotatable bonds is 64. The number of esters is 3. The molecular formula is C77H132O6. The van der Waals surface area contributed by atoms with Crippen LogP contribution in [0.15, 0.2) is 109 Å². The molecule has 0 aromatic rings. The van der Waals surface area contributed by atoms with Crippen molar-refractivity contribution < 1.29 is 28.6 Å². The molecule has 6 nitrogen and oxygen atoms in total. The highest BCUT2D eigenvalue weighted by Crippen LogP contribution is 2.18. The van der Waals surface area contributed by atoms with Gasteiger partial charge in [0.25, 0.3) is 0 Å².